The minimum absolute atomic E-state index is 0.221. The summed E-state index contributed by atoms with van der Waals surface area (Å²) in [4.78, 5) is 0.651. The van der Waals surface area contributed by atoms with E-state index in [-0.39, 0.29) is 5.82 Å². The Labute approximate surface area is 108 Å². The van der Waals surface area contributed by atoms with Crippen molar-refractivity contribution in [1.29, 1.82) is 0 Å². The monoisotopic (exact) mass is 254 g/mol. The van der Waals surface area contributed by atoms with E-state index in [1.54, 1.807) is 12.1 Å². The lowest BCUT2D eigenvalue weighted by Crippen LogP contribution is -2.13. The van der Waals surface area contributed by atoms with Crippen molar-refractivity contribution in [2.24, 2.45) is 5.92 Å². The zero-order valence-corrected chi connectivity index (χ0v) is 10.9. The van der Waals surface area contributed by atoms with Gasteiger partial charge in [0.2, 0.25) is 0 Å². The molecule has 0 heterocycles. The van der Waals surface area contributed by atoms with E-state index in [1.807, 2.05) is 0 Å². The second-order valence-electron chi connectivity index (χ2n) is 4.79. The van der Waals surface area contributed by atoms with Crippen LogP contribution < -0.4 is 0 Å². The molecule has 1 nitrogen and oxygen atoms in total. The predicted octanol–water partition coefficient (Wildman–Crippen LogP) is 4.21. The molecule has 0 spiro atoms. The van der Waals surface area contributed by atoms with Gasteiger partial charge in [0.05, 0.1) is 6.61 Å². The fourth-order valence-electron chi connectivity index (χ4n) is 2.34. The summed E-state index contributed by atoms with van der Waals surface area (Å²) in [6.45, 7) is 1.14. The molecule has 1 fully saturated rings. The van der Waals surface area contributed by atoms with E-state index in [4.69, 9.17) is 4.74 Å². The van der Waals surface area contributed by atoms with Crippen LogP contribution in [0.15, 0.2) is 23.1 Å². The van der Waals surface area contributed by atoms with Crippen LogP contribution in [-0.2, 0) is 11.3 Å². The van der Waals surface area contributed by atoms with Gasteiger partial charge in [-0.05, 0) is 30.9 Å². The third-order valence-corrected chi connectivity index (χ3v) is 3.65. The van der Waals surface area contributed by atoms with Crippen LogP contribution >= 0.6 is 12.6 Å². The minimum atomic E-state index is -0.221. The van der Waals surface area contributed by atoms with Crippen molar-refractivity contribution < 1.29 is 9.13 Å². The summed E-state index contributed by atoms with van der Waals surface area (Å²) in [5.74, 6) is 0.456. The molecule has 1 saturated carbocycles. The van der Waals surface area contributed by atoms with E-state index < -0.39 is 0 Å². The zero-order valence-electron chi connectivity index (χ0n) is 9.99. The van der Waals surface area contributed by atoms with Crippen molar-refractivity contribution >= 4 is 12.6 Å². The molecule has 0 N–H and O–H groups in total. The molecular formula is C14H19FOS. The minimum Gasteiger partial charge on any atom is -0.376 e. The predicted molar refractivity (Wildman–Crippen MR) is 69.9 cm³/mol. The number of hydrogen-bond donors (Lipinski definition) is 1. The number of thiol groups is 1. The van der Waals surface area contributed by atoms with Gasteiger partial charge in [0.25, 0.3) is 0 Å². The fraction of sp³-hybridized carbons (Fsp3) is 0.571. The number of ether oxygens (including phenoxy) is 1. The molecule has 17 heavy (non-hydrogen) atoms. The Hall–Kier alpha value is -0.540. The van der Waals surface area contributed by atoms with Crippen molar-refractivity contribution in [1.82, 2.24) is 0 Å². The average molecular weight is 254 g/mol. The van der Waals surface area contributed by atoms with Crippen LogP contribution in [0.25, 0.3) is 0 Å². The Morgan fingerprint density at radius 3 is 2.71 bits per heavy atom. The molecule has 0 bridgehead atoms. The van der Waals surface area contributed by atoms with Gasteiger partial charge in [-0.3, -0.25) is 0 Å². The van der Waals surface area contributed by atoms with Crippen LogP contribution in [0.3, 0.4) is 0 Å². The molecule has 94 valence electrons. The van der Waals surface area contributed by atoms with Crippen molar-refractivity contribution in [2.75, 3.05) is 6.61 Å². The molecule has 0 atom stereocenters. The Kier molecular flexibility index (Phi) is 4.86. The van der Waals surface area contributed by atoms with Gasteiger partial charge >= 0.3 is 0 Å². The smallest absolute Gasteiger partial charge is 0.129 e. The maximum atomic E-state index is 13.5. The first-order valence-electron chi connectivity index (χ1n) is 6.31. The summed E-state index contributed by atoms with van der Waals surface area (Å²) in [6, 6.07) is 4.98. The molecule has 1 aliphatic carbocycles. The SMILES string of the molecule is Fc1cc(S)ccc1COCC1CCCCC1. The van der Waals surface area contributed by atoms with Crippen LogP contribution in [0, 0.1) is 11.7 Å². The summed E-state index contributed by atoms with van der Waals surface area (Å²) >= 11 is 4.09. The molecule has 1 aromatic rings. The number of benzene rings is 1. The second kappa shape index (κ2) is 6.41. The van der Waals surface area contributed by atoms with Crippen LogP contribution in [0.2, 0.25) is 0 Å². The Morgan fingerprint density at radius 2 is 2.00 bits per heavy atom. The maximum Gasteiger partial charge on any atom is 0.129 e. The summed E-state index contributed by atoms with van der Waals surface area (Å²) in [7, 11) is 0. The first-order chi connectivity index (χ1) is 8.25. The lowest BCUT2D eigenvalue weighted by atomic mass is 9.90. The van der Waals surface area contributed by atoms with Crippen LogP contribution in [0.1, 0.15) is 37.7 Å². The molecule has 2 rings (SSSR count). The van der Waals surface area contributed by atoms with E-state index in [2.05, 4.69) is 12.6 Å². The molecule has 0 saturated heterocycles. The third kappa shape index (κ3) is 4.00. The lowest BCUT2D eigenvalue weighted by Gasteiger charge is -2.21. The lowest BCUT2D eigenvalue weighted by molar-refractivity contribution is 0.0722. The Balaban J connectivity index is 1.77. The van der Waals surface area contributed by atoms with Gasteiger partial charge in [0.1, 0.15) is 5.82 Å². The summed E-state index contributed by atoms with van der Waals surface area (Å²) < 4.78 is 19.1. The van der Waals surface area contributed by atoms with Crippen molar-refractivity contribution in [3.05, 3.63) is 29.6 Å². The summed E-state index contributed by atoms with van der Waals surface area (Å²) in [6.07, 6.45) is 6.51. The Morgan fingerprint density at radius 1 is 1.24 bits per heavy atom. The topological polar surface area (TPSA) is 9.23 Å². The quantitative estimate of drug-likeness (QED) is 0.792. The maximum absolute atomic E-state index is 13.5. The van der Waals surface area contributed by atoms with Gasteiger partial charge in [-0.1, -0.05) is 25.3 Å². The van der Waals surface area contributed by atoms with E-state index in [0.717, 1.165) is 6.61 Å². The normalized spacial score (nSPS) is 17.3. The van der Waals surface area contributed by atoms with E-state index in [0.29, 0.717) is 23.0 Å². The van der Waals surface area contributed by atoms with E-state index in [9.17, 15) is 4.39 Å². The highest BCUT2D eigenvalue weighted by molar-refractivity contribution is 7.80. The van der Waals surface area contributed by atoms with E-state index in [1.165, 1.54) is 38.2 Å². The van der Waals surface area contributed by atoms with Crippen LogP contribution in [-0.4, -0.2) is 6.61 Å². The van der Waals surface area contributed by atoms with Crippen molar-refractivity contribution in [2.45, 2.75) is 43.6 Å². The number of rotatable bonds is 4. The van der Waals surface area contributed by atoms with E-state index >= 15 is 0 Å². The zero-order chi connectivity index (χ0) is 12.1. The molecule has 1 aliphatic rings. The molecule has 0 amide bonds. The first kappa shape index (κ1) is 12.9. The van der Waals surface area contributed by atoms with Gasteiger partial charge in [-0.2, -0.15) is 0 Å². The first-order valence-corrected chi connectivity index (χ1v) is 6.75. The summed E-state index contributed by atoms with van der Waals surface area (Å²) in [5, 5.41) is 0. The molecule has 1 aromatic carbocycles. The standard InChI is InChI=1S/C14H19FOS/c15-14-8-13(17)7-6-12(14)10-16-9-11-4-2-1-3-5-11/h6-8,11,17H,1-5,9-10H2. The molecule has 0 radical (unpaired) electrons. The largest absolute Gasteiger partial charge is 0.376 e. The molecule has 3 heteroatoms. The highest BCUT2D eigenvalue weighted by atomic mass is 32.1. The van der Waals surface area contributed by atoms with Gasteiger partial charge in [0.15, 0.2) is 0 Å². The van der Waals surface area contributed by atoms with Gasteiger partial charge in [-0.15, -0.1) is 12.6 Å². The van der Waals surface area contributed by atoms with Gasteiger partial charge < -0.3 is 4.74 Å². The number of hydrogen-bond acceptors (Lipinski definition) is 2. The van der Waals surface area contributed by atoms with Crippen molar-refractivity contribution in [3.63, 3.8) is 0 Å². The second-order valence-corrected chi connectivity index (χ2v) is 5.31. The molecule has 0 aromatic heterocycles. The highest BCUT2D eigenvalue weighted by Crippen LogP contribution is 2.24. The van der Waals surface area contributed by atoms with Gasteiger partial charge in [-0.25, -0.2) is 4.39 Å². The van der Waals surface area contributed by atoms with Crippen molar-refractivity contribution in [3.8, 4) is 0 Å². The van der Waals surface area contributed by atoms with Gasteiger partial charge in [0, 0.05) is 17.1 Å². The van der Waals surface area contributed by atoms with Crippen LogP contribution in [0.4, 0.5) is 4.39 Å². The van der Waals surface area contributed by atoms with Crippen LogP contribution in [0.5, 0.6) is 0 Å². The molecule has 0 aliphatic heterocycles. The number of halogens is 1. The Bertz CT molecular complexity index is 361. The highest BCUT2D eigenvalue weighted by Gasteiger charge is 2.13. The third-order valence-electron chi connectivity index (χ3n) is 3.37. The molecular weight excluding hydrogens is 235 g/mol. The fourth-order valence-corrected chi connectivity index (χ4v) is 2.53. The average Bonchev–Trinajstić information content (AvgIpc) is 2.33. The molecule has 0 unspecified atom stereocenters. The summed E-state index contributed by atoms with van der Waals surface area (Å²) in [5.41, 5.74) is 0.624.